The van der Waals surface area contributed by atoms with Crippen LogP contribution in [0.2, 0.25) is 0 Å². The predicted molar refractivity (Wildman–Crippen MR) is 75.4 cm³/mol. The molecule has 0 aromatic carbocycles. The average molecular weight is 287 g/mol. The van der Waals surface area contributed by atoms with Crippen molar-refractivity contribution >= 4 is 17.9 Å². The second-order valence-electron chi connectivity index (χ2n) is 4.71. The summed E-state index contributed by atoms with van der Waals surface area (Å²) in [4.78, 5) is 33.8. The highest BCUT2D eigenvalue weighted by Gasteiger charge is 2.18. The summed E-state index contributed by atoms with van der Waals surface area (Å²) in [6, 6.07) is -1.35. The van der Waals surface area contributed by atoms with E-state index >= 15 is 0 Å². The van der Waals surface area contributed by atoms with Crippen molar-refractivity contribution in [2.75, 3.05) is 6.54 Å². The van der Waals surface area contributed by atoms with Crippen LogP contribution in [0.4, 0.5) is 4.79 Å². The second-order valence-corrected chi connectivity index (χ2v) is 4.71. The van der Waals surface area contributed by atoms with Crippen molar-refractivity contribution < 1.29 is 19.5 Å². The molecule has 4 N–H and O–H groups in total. The number of carboxylic acids is 1. The highest BCUT2D eigenvalue weighted by Crippen LogP contribution is 1.96. The van der Waals surface area contributed by atoms with Gasteiger partial charge in [0.05, 0.1) is 0 Å². The van der Waals surface area contributed by atoms with E-state index in [0.717, 1.165) is 6.42 Å². The summed E-state index contributed by atoms with van der Waals surface area (Å²) in [5.74, 6) is -1.19. The molecule has 1 unspecified atom stereocenters. The molecule has 3 amide bonds. The van der Waals surface area contributed by atoms with Gasteiger partial charge < -0.3 is 21.1 Å². The van der Waals surface area contributed by atoms with Crippen LogP contribution in [0.5, 0.6) is 0 Å². The Balaban J connectivity index is 3.93. The first-order valence-corrected chi connectivity index (χ1v) is 6.97. The molecular formula is C13H25N3O4. The monoisotopic (exact) mass is 287 g/mol. The molecule has 0 aliphatic rings. The fourth-order valence-electron chi connectivity index (χ4n) is 1.49. The van der Waals surface area contributed by atoms with E-state index in [4.69, 9.17) is 5.11 Å². The molecule has 0 radical (unpaired) electrons. The summed E-state index contributed by atoms with van der Waals surface area (Å²) in [6.45, 7) is 5.89. The van der Waals surface area contributed by atoms with Gasteiger partial charge in [0, 0.05) is 19.0 Å². The first-order valence-electron chi connectivity index (χ1n) is 6.97. The topological polar surface area (TPSA) is 108 Å². The lowest BCUT2D eigenvalue weighted by Crippen LogP contribution is -2.46. The maximum absolute atomic E-state index is 11.5. The van der Waals surface area contributed by atoms with Gasteiger partial charge in [-0.1, -0.05) is 20.3 Å². The second kappa shape index (κ2) is 10.1. The van der Waals surface area contributed by atoms with E-state index < -0.39 is 18.0 Å². The zero-order chi connectivity index (χ0) is 15.5. The number of nitrogens with one attached hydrogen (secondary N) is 3. The number of amides is 3. The lowest BCUT2D eigenvalue weighted by atomic mass is 10.2. The minimum absolute atomic E-state index is 0.109. The van der Waals surface area contributed by atoms with Crippen LogP contribution in [0.3, 0.4) is 0 Å². The lowest BCUT2D eigenvalue weighted by molar-refractivity contribution is -0.139. The molecule has 20 heavy (non-hydrogen) atoms. The molecular weight excluding hydrogens is 262 g/mol. The Kier molecular flexibility index (Phi) is 9.15. The Labute approximate surface area is 119 Å². The highest BCUT2D eigenvalue weighted by molar-refractivity contribution is 5.83. The van der Waals surface area contributed by atoms with E-state index in [-0.39, 0.29) is 24.9 Å². The predicted octanol–water partition coefficient (Wildman–Crippen LogP) is 0.844. The first-order chi connectivity index (χ1) is 9.40. The van der Waals surface area contributed by atoms with Crippen molar-refractivity contribution in [3.63, 3.8) is 0 Å². The van der Waals surface area contributed by atoms with Crippen LogP contribution in [0.1, 0.15) is 46.5 Å². The summed E-state index contributed by atoms with van der Waals surface area (Å²) in [5.41, 5.74) is 0. The Morgan fingerprint density at radius 2 is 1.80 bits per heavy atom. The smallest absolute Gasteiger partial charge is 0.326 e. The highest BCUT2D eigenvalue weighted by atomic mass is 16.4. The van der Waals surface area contributed by atoms with E-state index in [1.54, 1.807) is 0 Å². The number of carbonyl (C=O) groups excluding carboxylic acids is 2. The Bertz CT molecular complexity index is 334. The third-order valence-electron chi connectivity index (χ3n) is 2.84. The van der Waals surface area contributed by atoms with Gasteiger partial charge in [-0.2, -0.15) is 0 Å². The van der Waals surface area contributed by atoms with Gasteiger partial charge in [-0.15, -0.1) is 0 Å². The molecule has 0 rings (SSSR count). The maximum Gasteiger partial charge on any atom is 0.326 e. The summed E-state index contributed by atoms with van der Waals surface area (Å²) < 4.78 is 0. The standard InChI is InChI=1S/C13H25N3O4/c1-4-6-10(12(18)19)16-13(20)14-8-7-11(17)15-9(3)5-2/h9-10H,4-8H2,1-3H3,(H,15,17)(H,18,19)(H2,14,16,20)/t9?,10-/m1/s1. The van der Waals surface area contributed by atoms with Gasteiger partial charge in [0.25, 0.3) is 0 Å². The number of rotatable bonds is 9. The molecule has 0 heterocycles. The molecule has 116 valence electrons. The van der Waals surface area contributed by atoms with Gasteiger partial charge in [-0.3, -0.25) is 4.79 Å². The molecule has 7 nitrogen and oxygen atoms in total. The summed E-state index contributed by atoms with van der Waals surface area (Å²) in [5, 5.41) is 16.5. The Morgan fingerprint density at radius 1 is 1.15 bits per heavy atom. The van der Waals surface area contributed by atoms with Gasteiger partial charge in [0.1, 0.15) is 6.04 Å². The number of aliphatic carboxylic acids is 1. The fraction of sp³-hybridized carbons (Fsp3) is 0.769. The van der Waals surface area contributed by atoms with E-state index in [1.807, 2.05) is 20.8 Å². The Morgan fingerprint density at radius 3 is 2.30 bits per heavy atom. The normalized spacial score (nSPS) is 13.2. The average Bonchev–Trinajstić information content (AvgIpc) is 2.37. The van der Waals surface area contributed by atoms with Crippen LogP contribution in [-0.4, -0.2) is 41.6 Å². The molecule has 7 heteroatoms. The molecule has 0 aliphatic carbocycles. The maximum atomic E-state index is 11.5. The van der Waals surface area contributed by atoms with Crippen LogP contribution < -0.4 is 16.0 Å². The van der Waals surface area contributed by atoms with Gasteiger partial charge in [-0.25, -0.2) is 9.59 Å². The number of carbonyl (C=O) groups is 3. The van der Waals surface area contributed by atoms with E-state index in [2.05, 4.69) is 16.0 Å². The number of carboxylic acid groups (broad SMARTS) is 1. The molecule has 0 aromatic rings. The van der Waals surface area contributed by atoms with Crippen molar-refractivity contribution in [1.29, 1.82) is 0 Å². The largest absolute Gasteiger partial charge is 0.480 e. The number of hydrogen-bond acceptors (Lipinski definition) is 3. The molecule has 0 aromatic heterocycles. The van der Waals surface area contributed by atoms with Crippen LogP contribution in [0, 0.1) is 0 Å². The molecule has 0 spiro atoms. The lowest BCUT2D eigenvalue weighted by Gasteiger charge is -2.15. The first kappa shape index (κ1) is 18.2. The molecule has 0 saturated carbocycles. The SMILES string of the molecule is CCC[C@@H](NC(=O)NCCC(=O)NC(C)CC)C(=O)O. The third-order valence-corrected chi connectivity index (χ3v) is 2.84. The van der Waals surface area contributed by atoms with Gasteiger partial charge in [0.2, 0.25) is 5.91 Å². The number of urea groups is 1. The van der Waals surface area contributed by atoms with E-state index in [9.17, 15) is 14.4 Å². The van der Waals surface area contributed by atoms with Gasteiger partial charge in [0.15, 0.2) is 0 Å². The van der Waals surface area contributed by atoms with Crippen molar-refractivity contribution in [1.82, 2.24) is 16.0 Å². The Hall–Kier alpha value is -1.79. The summed E-state index contributed by atoms with van der Waals surface area (Å²) in [7, 11) is 0. The number of hydrogen-bond donors (Lipinski definition) is 4. The summed E-state index contributed by atoms with van der Waals surface area (Å²) >= 11 is 0. The third kappa shape index (κ3) is 8.34. The van der Waals surface area contributed by atoms with Gasteiger partial charge >= 0.3 is 12.0 Å². The van der Waals surface area contributed by atoms with Crippen molar-refractivity contribution in [2.24, 2.45) is 0 Å². The van der Waals surface area contributed by atoms with Crippen LogP contribution in [-0.2, 0) is 9.59 Å². The minimum Gasteiger partial charge on any atom is -0.480 e. The van der Waals surface area contributed by atoms with E-state index in [0.29, 0.717) is 12.8 Å². The van der Waals surface area contributed by atoms with Crippen LogP contribution >= 0.6 is 0 Å². The molecule has 0 fully saturated rings. The van der Waals surface area contributed by atoms with Crippen LogP contribution in [0.25, 0.3) is 0 Å². The zero-order valence-electron chi connectivity index (χ0n) is 12.4. The summed E-state index contributed by atoms with van der Waals surface area (Å²) in [6.07, 6.45) is 2.05. The fourth-order valence-corrected chi connectivity index (χ4v) is 1.49. The molecule has 2 atom stereocenters. The van der Waals surface area contributed by atoms with Gasteiger partial charge in [-0.05, 0) is 19.8 Å². The van der Waals surface area contributed by atoms with Crippen LogP contribution in [0.15, 0.2) is 0 Å². The molecule has 0 aliphatic heterocycles. The van der Waals surface area contributed by atoms with Crippen molar-refractivity contribution in [3.8, 4) is 0 Å². The van der Waals surface area contributed by atoms with E-state index in [1.165, 1.54) is 0 Å². The van der Waals surface area contributed by atoms with Crippen molar-refractivity contribution in [3.05, 3.63) is 0 Å². The van der Waals surface area contributed by atoms with Crippen molar-refractivity contribution in [2.45, 2.75) is 58.5 Å². The quantitative estimate of drug-likeness (QED) is 0.504. The molecule has 0 bridgehead atoms. The minimum atomic E-state index is -1.06. The molecule has 0 saturated heterocycles. The zero-order valence-corrected chi connectivity index (χ0v) is 12.4.